The van der Waals surface area contributed by atoms with Crippen molar-refractivity contribution in [3.05, 3.63) is 29.3 Å². The summed E-state index contributed by atoms with van der Waals surface area (Å²) in [6.45, 7) is 6.12. The van der Waals surface area contributed by atoms with Gasteiger partial charge in [-0.25, -0.2) is 0 Å². The van der Waals surface area contributed by atoms with E-state index in [-0.39, 0.29) is 5.91 Å². The molecular formula is C17H25N3O. The second-order valence-corrected chi connectivity index (χ2v) is 6.36. The molecule has 2 heterocycles. The molecule has 21 heavy (non-hydrogen) atoms. The quantitative estimate of drug-likeness (QED) is 0.849. The standard InChI is InChI=1S/C17H25N3O/c1-13-6-7-14(18)11-16(13)17(21)20-10-4-5-15(12-20)19-8-2-3-9-19/h6-7,11,15H,2-5,8-10,12,18H2,1H3. The van der Waals surface area contributed by atoms with E-state index >= 15 is 0 Å². The lowest BCUT2D eigenvalue weighted by Gasteiger charge is -2.37. The Kier molecular flexibility index (Phi) is 4.15. The predicted octanol–water partition coefficient (Wildman–Crippen LogP) is 2.28. The van der Waals surface area contributed by atoms with E-state index in [1.807, 2.05) is 30.0 Å². The van der Waals surface area contributed by atoms with Crippen LogP contribution in [0.2, 0.25) is 0 Å². The molecule has 0 aromatic heterocycles. The van der Waals surface area contributed by atoms with Crippen molar-refractivity contribution in [1.82, 2.24) is 9.80 Å². The molecule has 1 aromatic carbocycles. The van der Waals surface area contributed by atoms with E-state index in [2.05, 4.69) is 4.90 Å². The molecule has 3 rings (SSSR count). The minimum atomic E-state index is 0.142. The summed E-state index contributed by atoms with van der Waals surface area (Å²) in [5, 5.41) is 0. The molecule has 1 aromatic rings. The van der Waals surface area contributed by atoms with Crippen LogP contribution in [0.3, 0.4) is 0 Å². The number of piperidine rings is 1. The van der Waals surface area contributed by atoms with Crippen molar-refractivity contribution >= 4 is 11.6 Å². The van der Waals surface area contributed by atoms with Gasteiger partial charge in [-0.3, -0.25) is 9.69 Å². The summed E-state index contributed by atoms with van der Waals surface area (Å²) in [5.74, 6) is 0.142. The highest BCUT2D eigenvalue weighted by molar-refractivity contribution is 5.96. The summed E-state index contributed by atoms with van der Waals surface area (Å²) in [6, 6.07) is 6.16. The third kappa shape index (κ3) is 3.05. The van der Waals surface area contributed by atoms with Gasteiger partial charge in [0.15, 0.2) is 0 Å². The van der Waals surface area contributed by atoms with Crippen LogP contribution in [0.15, 0.2) is 18.2 Å². The number of rotatable bonds is 2. The molecule has 1 atom stereocenters. The third-order valence-electron chi connectivity index (χ3n) is 4.83. The first-order chi connectivity index (χ1) is 10.1. The lowest BCUT2D eigenvalue weighted by atomic mass is 10.0. The number of anilines is 1. The summed E-state index contributed by atoms with van der Waals surface area (Å²) in [4.78, 5) is 17.4. The zero-order valence-electron chi connectivity index (χ0n) is 12.8. The molecule has 4 nitrogen and oxygen atoms in total. The Hall–Kier alpha value is -1.55. The second kappa shape index (κ2) is 6.06. The average molecular weight is 287 g/mol. The van der Waals surface area contributed by atoms with Gasteiger partial charge in [0.25, 0.3) is 5.91 Å². The Bertz CT molecular complexity index is 523. The van der Waals surface area contributed by atoms with E-state index < -0.39 is 0 Å². The first-order valence-corrected chi connectivity index (χ1v) is 8.04. The predicted molar refractivity (Wildman–Crippen MR) is 85.3 cm³/mol. The van der Waals surface area contributed by atoms with Crippen molar-refractivity contribution in [1.29, 1.82) is 0 Å². The summed E-state index contributed by atoms with van der Waals surface area (Å²) >= 11 is 0. The first kappa shape index (κ1) is 14.4. The molecule has 0 bridgehead atoms. The molecule has 4 heteroatoms. The molecule has 2 N–H and O–H groups in total. The van der Waals surface area contributed by atoms with Crippen LogP contribution in [0.1, 0.15) is 41.6 Å². The van der Waals surface area contributed by atoms with Crippen LogP contribution in [-0.2, 0) is 0 Å². The topological polar surface area (TPSA) is 49.6 Å². The number of likely N-dealkylation sites (tertiary alicyclic amines) is 2. The largest absolute Gasteiger partial charge is 0.399 e. The summed E-state index contributed by atoms with van der Waals surface area (Å²) in [6.07, 6.45) is 4.94. The van der Waals surface area contributed by atoms with Crippen LogP contribution < -0.4 is 5.73 Å². The number of aryl methyl sites for hydroxylation is 1. The van der Waals surface area contributed by atoms with E-state index in [1.54, 1.807) is 0 Å². The number of nitrogens with two attached hydrogens (primary N) is 1. The molecule has 2 saturated heterocycles. The monoisotopic (exact) mass is 287 g/mol. The van der Waals surface area contributed by atoms with Crippen molar-refractivity contribution in [2.75, 3.05) is 31.9 Å². The van der Waals surface area contributed by atoms with Crippen LogP contribution >= 0.6 is 0 Å². The van der Waals surface area contributed by atoms with Gasteiger partial charge in [0.2, 0.25) is 0 Å². The Morgan fingerprint density at radius 3 is 2.71 bits per heavy atom. The van der Waals surface area contributed by atoms with Gasteiger partial charge in [-0.05, 0) is 63.4 Å². The molecule has 2 aliphatic heterocycles. The molecule has 0 spiro atoms. The smallest absolute Gasteiger partial charge is 0.254 e. The van der Waals surface area contributed by atoms with E-state index in [0.717, 1.165) is 30.6 Å². The maximum atomic E-state index is 12.8. The van der Waals surface area contributed by atoms with Crippen LogP contribution in [0.25, 0.3) is 0 Å². The molecule has 1 amide bonds. The molecule has 0 saturated carbocycles. The summed E-state index contributed by atoms with van der Waals surface area (Å²) < 4.78 is 0. The number of carbonyl (C=O) groups excluding carboxylic acids is 1. The minimum Gasteiger partial charge on any atom is -0.399 e. The average Bonchev–Trinajstić information content (AvgIpc) is 3.03. The summed E-state index contributed by atoms with van der Waals surface area (Å²) in [7, 11) is 0. The minimum absolute atomic E-state index is 0.142. The first-order valence-electron chi connectivity index (χ1n) is 8.04. The number of amides is 1. The van der Waals surface area contributed by atoms with Crippen molar-refractivity contribution < 1.29 is 4.79 Å². The second-order valence-electron chi connectivity index (χ2n) is 6.36. The summed E-state index contributed by atoms with van der Waals surface area (Å²) in [5.41, 5.74) is 8.28. The Morgan fingerprint density at radius 1 is 1.19 bits per heavy atom. The lowest BCUT2D eigenvalue weighted by molar-refractivity contribution is 0.0607. The van der Waals surface area contributed by atoms with Gasteiger partial charge in [0.05, 0.1) is 0 Å². The number of nitrogen functional groups attached to an aromatic ring is 1. The number of nitrogens with zero attached hydrogens (tertiary/aromatic N) is 2. The van der Waals surface area contributed by atoms with E-state index in [9.17, 15) is 4.79 Å². The van der Waals surface area contributed by atoms with Gasteiger partial charge in [-0.2, -0.15) is 0 Å². The highest BCUT2D eigenvalue weighted by atomic mass is 16.2. The zero-order valence-corrected chi connectivity index (χ0v) is 12.8. The fourth-order valence-electron chi connectivity index (χ4n) is 3.58. The number of benzene rings is 1. The van der Waals surface area contributed by atoms with Crippen molar-refractivity contribution in [2.24, 2.45) is 0 Å². The Morgan fingerprint density at radius 2 is 1.95 bits per heavy atom. The van der Waals surface area contributed by atoms with Gasteiger partial charge in [0, 0.05) is 30.4 Å². The third-order valence-corrected chi connectivity index (χ3v) is 4.83. The Balaban J connectivity index is 1.73. The van der Waals surface area contributed by atoms with Gasteiger partial charge >= 0.3 is 0 Å². The van der Waals surface area contributed by atoms with Crippen LogP contribution in [0, 0.1) is 6.92 Å². The molecule has 1 unspecified atom stereocenters. The van der Waals surface area contributed by atoms with E-state index in [1.165, 1.54) is 32.4 Å². The van der Waals surface area contributed by atoms with Crippen LogP contribution in [0.4, 0.5) is 5.69 Å². The maximum Gasteiger partial charge on any atom is 0.254 e. The number of carbonyl (C=O) groups is 1. The van der Waals surface area contributed by atoms with Crippen molar-refractivity contribution in [2.45, 2.75) is 38.6 Å². The fraction of sp³-hybridized carbons (Fsp3) is 0.588. The van der Waals surface area contributed by atoms with Crippen LogP contribution in [-0.4, -0.2) is 47.9 Å². The molecule has 2 aliphatic rings. The number of hydrogen-bond donors (Lipinski definition) is 1. The van der Waals surface area contributed by atoms with Gasteiger partial charge in [-0.1, -0.05) is 6.07 Å². The molecular weight excluding hydrogens is 262 g/mol. The van der Waals surface area contributed by atoms with Crippen LogP contribution in [0.5, 0.6) is 0 Å². The normalized spacial score (nSPS) is 23.5. The highest BCUT2D eigenvalue weighted by Gasteiger charge is 2.30. The molecule has 2 fully saturated rings. The highest BCUT2D eigenvalue weighted by Crippen LogP contribution is 2.23. The molecule has 0 radical (unpaired) electrons. The zero-order chi connectivity index (χ0) is 14.8. The lowest BCUT2D eigenvalue weighted by Crippen LogP contribution is -2.49. The number of hydrogen-bond acceptors (Lipinski definition) is 3. The Labute approximate surface area is 126 Å². The molecule has 114 valence electrons. The maximum absolute atomic E-state index is 12.8. The van der Waals surface area contributed by atoms with E-state index in [0.29, 0.717) is 11.7 Å². The van der Waals surface area contributed by atoms with Gasteiger partial charge < -0.3 is 10.6 Å². The van der Waals surface area contributed by atoms with Crippen molar-refractivity contribution in [3.63, 3.8) is 0 Å². The fourth-order valence-corrected chi connectivity index (χ4v) is 3.58. The van der Waals surface area contributed by atoms with Gasteiger partial charge in [-0.15, -0.1) is 0 Å². The van der Waals surface area contributed by atoms with E-state index in [4.69, 9.17) is 5.73 Å². The molecule has 0 aliphatic carbocycles. The SMILES string of the molecule is Cc1ccc(N)cc1C(=O)N1CCCC(N2CCCC2)C1. The van der Waals surface area contributed by atoms with Gasteiger partial charge in [0.1, 0.15) is 0 Å². The van der Waals surface area contributed by atoms with Crippen molar-refractivity contribution in [3.8, 4) is 0 Å².